The van der Waals surface area contributed by atoms with Gasteiger partial charge in [-0.3, -0.25) is 0 Å². The average molecular weight is 1250 g/mol. The van der Waals surface area contributed by atoms with Crippen LogP contribution in [0, 0.1) is 0 Å². The van der Waals surface area contributed by atoms with Gasteiger partial charge in [-0.05, 0) is 119 Å². The molecule has 4 radical (unpaired) electrons. The zero-order chi connectivity index (χ0) is 56.9. The summed E-state index contributed by atoms with van der Waals surface area (Å²) < 4.78 is 37.3. The molecule has 0 fully saturated rings. The van der Waals surface area contributed by atoms with Crippen molar-refractivity contribution < 1.29 is 55.1 Å². The number of ether oxygens (including phenoxy) is 6. The van der Waals surface area contributed by atoms with Crippen molar-refractivity contribution in [2.75, 3.05) is 26.4 Å². The van der Waals surface area contributed by atoms with Gasteiger partial charge >= 0.3 is 0 Å². The predicted octanol–water partition coefficient (Wildman–Crippen LogP) is 10.8. The second kappa shape index (κ2) is 41.5. The Bertz CT molecular complexity index is 3380. The molecule has 0 saturated carbocycles. The molecule has 2 aromatic heterocycles. The van der Waals surface area contributed by atoms with Crippen molar-refractivity contribution in [2.45, 2.75) is 79.1 Å². The SMILES string of the molecule is CCCc1c(OCCCOc2cc(O)c(-c3ccccc3)cc2CC)cccc1Oc1ccccc1-c1nn[nH]n1.CCCc1c(OCCCOc2cc(O)c(-c3ccccc3)cc2CC)cccc1Oc1ccccc1-c1nn[nH]n1.O.O.O.[Na].[Na].[Na].[Na]. The second-order valence-corrected chi connectivity index (χ2v) is 19.1. The Morgan fingerprint density at radius 2 is 0.708 bits per heavy atom. The van der Waals surface area contributed by atoms with Crippen LogP contribution in [0.25, 0.3) is 45.0 Å². The summed E-state index contributed by atoms with van der Waals surface area (Å²) in [6, 6.07) is 54.2. The first-order chi connectivity index (χ1) is 40.3. The molecule has 0 amide bonds. The van der Waals surface area contributed by atoms with Crippen LogP contribution in [0.5, 0.6) is 57.5 Å². The average Bonchev–Trinajstić information content (AvgIpc) is 4.27. The van der Waals surface area contributed by atoms with E-state index in [4.69, 9.17) is 28.4 Å². The van der Waals surface area contributed by atoms with Crippen molar-refractivity contribution in [3.63, 3.8) is 0 Å². The number of phenolic OH excluding ortho intramolecular Hbond substituents is 2. The largest absolute Gasteiger partial charge is 0.507 e. The first-order valence-electron chi connectivity index (χ1n) is 27.9. The molecule has 0 aliphatic heterocycles. The number of hydrogen-bond donors (Lipinski definition) is 4. The second-order valence-electron chi connectivity index (χ2n) is 19.1. The van der Waals surface area contributed by atoms with Gasteiger partial charge in [0.05, 0.1) is 37.6 Å². The van der Waals surface area contributed by atoms with Gasteiger partial charge in [-0.25, -0.2) is 0 Å². The maximum atomic E-state index is 10.7. The van der Waals surface area contributed by atoms with E-state index >= 15 is 0 Å². The summed E-state index contributed by atoms with van der Waals surface area (Å²) in [6.45, 7) is 10.3. The van der Waals surface area contributed by atoms with E-state index in [2.05, 4.69) is 68.9 Å². The number of aromatic nitrogens is 8. The minimum absolute atomic E-state index is 0. The number of aromatic amines is 2. The maximum absolute atomic E-state index is 10.7. The van der Waals surface area contributed by atoms with Crippen LogP contribution in [0.15, 0.2) is 170 Å². The first-order valence-corrected chi connectivity index (χ1v) is 27.9. The predicted molar refractivity (Wildman–Crippen MR) is 351 cm³/mol. The van der Waals surface area contributed by atoms with Gasteiger partial charge < -0.3 is 55.1 Å². The molecule has 0 aliphatic carbocycles. The first kappa shape index (κ1) is 79.3. The van der Waals surface area contributed by atoms with Crippen LogP contribution in [-0.4, -0.2) is 213 Å². The van der Waals surface area contributed by atoms with Crippen molar-refractivity contribution in [3.05, 3.63) is 192 Å². The molecule has 0 bridgehead atoms. The van der Waals surface area contributed by atoms with Crippen molar-refractivity contribution in [1.82, 2.24) is 41.2 Å². The molecule has 10 rings (SSSR count). The monoisotopic (exact) mass is 1250 g/mol. The number of H-pyrrole nitrogens is 2. The van der Waals surface area contributed by atoms with E-state index in [0.29, 0.717) is 73.9 Å². The zero-order valence-corrected chi connectivity index (χ0v) is 60.2. The molecule has 448 valence electrons. The quantitative estimate of drug-likeness (QED) is 0.0290. The number of tetrazole rings is 2. The van der Waals surface area contributed by atoms with E-state index in [1.54, 1.807) is 12.1 Å². The number of nitrogens with zero attached hydrogens (tertiary/aromatic N) is 6. The fraction of sp³-hybridized carbons (Fsp3) is 0.242. The van der Waals surface area contributed by atoms with Gasteiger partial charge in [-0.15, -0.1) is 20.4 Å². The standard InChI is InChI=1S/2C33H34N4O4.4Na.3H2O/c2*1-3-12-25-29(17-10-18-30(25)41-31-16-9-8-15-26(31)33-34-36-37-35-33)39-19-11-20-40-32-22-28(38)27(21-23(32)4-2)24-13-6-5-7-14-24;;;;;;;/h2*5-10,13-18,21-22,38H,3-4,11-12,19-20H2,1-2H3,(H,34,35,36,37);;;;;3*1H2. The summed E-state index contributed by atoms with van der Waals surface area (Å²) in [5.74, 6) is 7.10. The van der Waals surface area contributed by atoms with E-state index in [-0.39, 0.29) is 146 Å². The summed E-state index contributed by atoms with van der Waals surface area (Å²) in [6.07, 6.45) is 6.45. The number of aryl methyl sites for hydroxylation is 2. The number of nitrogens with one attached hydrogen (secondary N) is 2. The number of phenols is 2. The molecule has 19 nitrogen and oxygen atoms in total. The number of rotatable bonds is 26. The molecule has 0 aliphatic rings. The molecule has 89 heavy (non-hydrogen) atoms. The Morgan fingerprint density at radius 3 is 1.06 bits per heavy atom. The van der Waals surface area contributed by atoms with Crippen LogP contribution in [-0.2, 0) is 25.7 Å². The van der Waals surface area contributed by atoms with Gasteiger partial charge in [0.2, 0.25) is 11.6 Å². The Hall–Kier alpha value is -5.82. The minimum Gasteiger partial charge on any atom is -0.507 e. The third kappa shape index (κ3) is 21.7. The molecule has 0 saturated heterocycles. The van der Waals surface area contributed by atoms with Gasteiger partial charge in [0.1, 0.15) is 57.5 Å². The number of hydrogen-bond acceptors (Lipinski definition) is 14. The Labute approximate surface area is 608 Å². The molecule has 10 N–H and O–H groups in total. The Balaban J connectivity index is 0.000000562. The van der Waals surface area contributed by atoms with E-state index in [1.165, 1.54) is 0 Å². The minimum atomic E-state index is 0. The van der Waals surface area contributed by atoms with Crippen molar-refractivity contribution in [2.24, 2.45) is 0 Å². The molecule has 8 aromatic carbocycles. The Morgan fingerprint density at radius 1 is 0.371 bits per heavy atom. The fourth-order valence-electron chi connectivity index (χ4n) is 9.41. The van der Waals surface area contributed by atoms with E-state index in [0.717, 1.165) is 117 Å². The van der Waals surface area contributed by atoms with Crippen LogP contribution in [0.2, 0.25) is 0 Å². The molecule has 0 spiro atoms. The van der Waals surface area contributed by atoms with Gasteiger partial charge in [0, 0.05) is 165 Å². The van der Waals surface area contributed by atoms with Crippen molar-refractivity contribution >= 4 is 118 Å². The summed E-state index contributed by atoms with van der Waals surface area (Å²) >= 11 is 0. The summed E-state index contributed by atoms with van der Waals surface area (Å²) in [4.78, 5) is 0. The summed E-state index contributed by atoms with van der Waals surface area (Å²) in [5.41, 5.74) is 9.20. The van der Waals surface area contributed by atoms with Crippen LogP contribution in [0.1, 0.15) is 75.6 Å². The normalized spacial score (nSPS) is 10.0. The van der Waals surface area contributed by atoms with Crippen LogP contribution >= 0.6 is 0 Å². The van der Waals surface area contributed by atoms with Crippen LogP contribution < -0.4 is 28.4 Å². The molecule has 10 aromatic rings. The smallest absolute Gasteiger partial charge is 0.208 e. The number of para-hydroxylation sites is 2. The van der Waals surface area contributed by atoms with E-state index in [9.17, 15) is 10.2 Å². The van der Waals surface area contributed by atoms with Crippen LogP contribution in [0.3, 0.4) is 0 Å². The van der Waals surface area contributed by atoms with Gasteiger partial charge in [0.25, 0.3) is 0 Å². The summed E-state index contributed by atoms with van der Waals surface area (Å²) in [5, 5.41) is 50.1. The van der Waals surface area contributed by atoms with Crippen molar-refractivity contribution in [3.8, 4) is 103 Å². The molecule has 23 heteroatoms. The Kier molecular flexibility index (Phi) is 37.0. The molecular formula is C66H74N8Na4O11. The number of aromatic hydroxyl groups is 2. The third-order valence-corrected chi connectivity index (χ3v) is 13.5. The fourth-order valence-corrected chi connectivity index (χ4v) is 9.41. The molecular weight excluding hydrogens is 1170 g/mol. The molecule has 0 atom stereocenters. The number of benzene rings is 8. The zero-order valence-electron chi connectivity index (χ0n) is 52.2. The molecule has 0 unspecified atom stereocenters. The van der Waals surface area contributed by atoms with Gasteiger partial charge in [-0.2, -0.15) is 10.4 Å². The van der Waals surface area contributed by atoms with Gasteiger partial charge in [-0.1, -0.05) is 138 Å². The maximum Gasteiger partial charge on any atom is 0.208 e. The van der Waals surface area contributed by atoms with Crippen molar-refractivity contribution in [1.29, 1.82) is 0 Å². The van der Waals surface area contributed by atoms with E-state index < -0.39 is 0 Å². The van der Waals surface area contributed by atoms with Gasteiger partial charge in [0.15, 0.2) is 0 Å². The topological polar surface area (TPSA) is 299 Å². The molecule has 2 heterocycles. The van der Waals surface area contributed by atoms with E-state index in [1.807, 2.05) is 158 Å². The third-order valence-electron chi connectivity index (χ3n) is 13.5. The summed E-state index contributed by atoms with van der Waals surface area (Å²) in [7, 11) is 0. The van der Waals surface area contributed by atoms with Crippen LogP contribution in [0.4, 0.5) is 0 Å².